The summed E-state index contributed by atoms with van der Waals surface area (Å²) in [7, 11) is 0. The van der Waals surface area contributed by atoms with Crippen molar-refractivity contribution in [1.82, 2.24) is 9.88 Å². The van der Waals surface area contributed by atoms with Gasteiger partial charge in [-0.3, -0.25) is 9.59 Å². The Labute approximate surface area is 112 Å². The highest BCUT2D eigenvalue weighted by molar-refractivity contribution is 9.10. The standard InChI is InChI=1S/C11H15BrN2O4/c1-11(6-15,7-16)13-9(17)5-14-4-8(12)2-3-10(14)18/h2-4,15-16H,5-7H2,1H3,(H,13,17). The number of hydrogen-bond donors (Lipinski definition) is 3. The van der Waals surface area contributed by atoms with Crippen LogP contribution in [0.4, 0.5) is 0 Å². The Morgan fingerprint density at radius 3 is 2.61 bits per heavy atom. The summed E-state index contributed by atoms with van der Waals surface area (Å²) in [5.41, 5.74) is -1.39. The summed E-state index contributed by atoms with van der Waals surface area (Å²) in [4.78, 5) is 23.2. The number of nitrogens with zero attached hydrogens (tertiary/aromatic N) is 1. The van der Waals surface area contributed by atoms with Gasteiger partial charge in [-0.05, 0) is 28.9 Å². The number of hydrogen-bond acceptors (Lipinski definition) is 4. The summed E-state index contributed by atoms with van der Waals surface area (Å²) < 4.78 is 1.91. The monoisotopic (exact) mass is 318 g/mol. The molecule has 3 N–H and O–H groups in total. The maximum absolute atomic E-state index is 11.7. The lowest BCUT2D eigenvalue weighted by Gasteiger charge is -2.26. The summed E-state index contributed by atoms with van der Waals surface area (Å²) >= 11 is 3.20. The Balaban J connectivity index is 2.76. The van der Waals surface area contributed by atoms with Crippen molar-refractivity contribution < 1.29 is 15.0 Å². The van der Waals surface area contributed by atoms with Gasteiger partial charge in [0.25, 0.3) is 5.56 Å². The molecule has 1 aromatic heterocycles. The average molecular weight is 319 g/mol. The van der Waals surface area contributed by atoms with E-state index in [0.717, 1.165) is 0 Å². The van der Waals surface area contributed by atoms with Crippen molar-refractivity contribution >= 4 is 21.8 Å². The third-order valence-corrected chi connectivity index (χ3v) is 2.87. The Hall–Kier alpha value is -1.18. The Morgan fingerprint density at radius 2 is 2.06 bits per heavy atom. The zero-order chi connectivity index (χ0) is 13.8. The second kappa shape index (κ2) is 6.12. The number of carbonyl (C=O) groups is 1. The van der Waals surface area contributed by atoms with Crippen LogP contribution in [0, 0.1) is 0 Å². The van der Waals surface area contributed by atoms with Crippen LogP contribution in [-0.2, 0) is 11.3 Å². The predicted molar refractivity (Wildman–Crippen MR) is 69.1 cm³/mol. The number of pyridine rings is 1. The van der Waals surface area contributed by atoms with Crippen LogP contribution in [0.15, 0.2) is 27.6 Å². The summed E-state index contributed by atoms with van der Waals surface area (Å²) in [5.74, 6) is -0.458. The minimum atomic E-state index is -1.09. The fourth-order valence-electron chi connectivity index (χ4n) is 1.29. The summed E-state index contributed by atoms with van der Waals surface area (Å²) in [6.07, 6.45) is 1.50. The Morgan fingerprint density at radius 1 is 1.44 bits per heavy atom. The van der Waals surface area contributed by atoms with Crippen LogP contribution >= 0.6 is 15.9 Å². The first-order valence-corrected chi connectivity index (χ1v) is 6.08. The summed E-state index contributed by atoms with van der Waals surface area (Å²) in [5, 5.41) is 20.6. The van der Waals surface area contributed by atoms with Crippen LogP contribution in [0.3, 0.4) is 0 Å². The first-order chi connectivity index (χ1) is 8.40. The van der Waals surface area contributed by atoms with Gasteiger partial charge in [0.15, 0.2) is 0 Å². The van der Waals surface area contributed by atoms with Crippen LogP contribution in [0.5, 0.6) is 0 Å². The highest BCUT2D eigenvalue weighted by Gasteiger charge is 2.24. The van der Waals surface area contributed by atoms with Crippen molar-refractivity contribution in [1.29, 1.82) is 0 Å². The zero-order valence-electron chi connectivity index (χ0n) is 9.89. The van der Waals surface area contributed by atoms with E-state index in [9.17, 15) is 9.59 Å². The third kappa shape index (κ3) is 3.94. The van der Waals surface area contributed by atoms with E-state index >= 15 is 0 Å². The van der Waals surface area contributed by atoms with Crippen molar-refractivity contribution in [2.24, 2.45) is 0 Å². The van der Waals surface area contributed by atoms with Gasteiger partial charge in [0.2, 0.25) is 5.91 Å². The smallest absolute Gasteiger partial charge is 0.251 e. The lowest BCUT2D eigenvalue weighted by Crippen LogP contribution is -2.53. The molecule has 0 aliphatic rings. The molecule has 6 nitrogen and oxygen atoms in total. The first-order valence-electron chi connectivity index (χ1n) is 5.29. The lowest BCUT2D eigenvalue weighted by molar-refractivity contribution is -0.124. The van der Waals surface area contributed by atoms with Gasteiger partial charge in [-0.25, -0.2) is 0 Å². The molecule has 18 heavy (non-hydrogen) atoms. The third-order valence-electron chi connectivity index (χ3n) is 2.40. The van der Waals surface area contributed by atoms with Gasteiger partial charge in [-0.15, -0.1) is 0 Å². The molecule has 0 spiro atoms. The van der Waals surface area contributed by atoms with Crippen LogP contribution in [0.2, 0.25) is 0 Å². The molecule has 100 valence electrons. The fraction of sp³-hybridized carbons (Fsp3) is 0.455. The molecule has 0 aliphatic carbocycles. The maximum atomic E-state index is 11.7. The molecular weight excluding hydrogens is 304 g/mol. The normalized spacial score (nSPS) is 11.3. The van der Waals surface area contributed by atoms with Gasteiger partial charge in [0, 0.05) is 16.7 Å². The molecule has 0 radical (unpaired) electrons. The Kier molecular flexibility index (Phi) is 5.06. The van der Waals surface area contributed by atoms with E-state index in [1.165, 1.54) is 23.8 Å². The fourth-order valence-corrected chi connectivity index (χ4v) is 1.66. The second-order valence-electron chi connectivity index (χ2n) is 4.24. The quantitative estimate of drug-likeness (QED) is 0.680. The molecule has 0 bridgehead atoms. The number of halogens is 1. The van der Waals surface area contributed by atoms with E-state index in [1.807, 2.05) is 0 Å². The molecule has 7 heteroatoms. The van der Waals surface area contributed by atoms with Crippen molar-refractivity contribution in [2.75, 3.05) is 13.2 Å². The molecule has 0 atom stereocenters. The molecule has 0 unspecified atom stereocenters. The van der Waals surface area contributed by atoms with E-state index < -0.39 is 11.4 Å². The van der Waals surface area contributed by atoms with E-state index in [4.69, 9.17) is 10.2 Å². The van der Waals surface area contributed by atoms with Crippen molar-refractivity contribution in [2.45, 2.75) is 19.0 Å². The number of amides is 1. The SMILES string of the molecule is CC(CO)(CO)NC(=O)Cn1cc(Br)ccc1=O. The number of nitrogens with one attached hydrogen (secondary N) is 1. The van der Waals surface area contributed by atoms with Crippen molar-refractivity contribution in [3.05, 3.63) is 33.2 Å². The molecule has 0 saturated carbocycles. The highest BCUT2D eigenvalue weighted by Crippen LogP contribution is 2.05. The lowest BCUT2D eigenvalue weighted by atomic mass is 10.1. The summed E-state index contributed by atoms with van der Waals surface area (Å²) in [6.45, 7) is 0.563. The molecule has 1 aromatic rings. The molecular formula is C11H15BrN2O4. The van der Waals surface area contributed by atoms with Gasteiger partial charge in [0.05, 0.1) is 18.8 Å². The highest BCUT2D eigenvalue weighted by atomic mass is 79.9. The maximum Gasteiger partial charge on any atom is 0.251 e. The number of aliphatic hydroxyl groups is 2. The van der Waals surface area contributed by atoms with E-state index in [-0.39, 0.29) is 25.3 Å². The molecule has 0 saturated heterocycles. The van der Waals surface area contributed by atoms with E-state index in [2.05, 4.69) is 21.2 Å². The topological polar surface area (TPSA) is 91.6 Å². The Bertz CT molecular complexity index is 482. The average Bonchev–Trinajstić information content (AvgIpc) is 2.33. The van der Waals surface area contributed by atoms with Gasteiger partial charge >= 0.3 is 0 Å². The van der Waals surface area contributed by atoms with E-state index in [1.54, 1.807) is 6.07 Å². The number of aromatic nitrogens is 1. The molecule has 0 aliphatic heterocycles. The molecule has 1 amide bonds. The zero-order valence-corrected chi connectivity index (χ0v) is 11.5. The van der Waals surface area contributed by atoms with Crippen LogP contribution < -0.4 is 10.9 Å². The van der Waals surface area contributed by atoms with Crippen molar-refractivity contribution in [3.8, 4) is 0 Å². The van der Waals surface area contributed by atoms with Gasteiger partial charge in [0.1, 0.15) is 6.54 Å². The molecule has 1 heterocycles. The van der Waals surface area contributed by atoms with Crippen molar-refractivity contribution in [3.63, 3.8) is 0 Å². The minimum Gasteiger partial charge on any atom is -0.394 e. The first kappa shape index (κ1) is 14.9. The largest absolute Gasteiger partial charge is 0.394 e. The number of carbonyl (C=O) groups excluding carboxylic acids is 1. The van der Waals surface area contributed by atoms with Gasteiger partial charge in [-0.2, -0.15) is 0 Å². The molecule has 1 rings (SSSR count). The number of aliphatic hydroxyl groups excluding tert-OH is 2. The summed E-state index contributed by atoms with van der Waals surface area (Å²) in [6, 6.07) is 2.93. The van der Waals surface area contributed by atoms with Gasteiger partial charge in [-0.1, -0.05) is 0 Å². The van der Waals surface area contributed by atoms with Crippen LogP contribution in [0.25, 0.3) is 0 Å². The molecule has 0 aromatic carbocycles. The van der Waals surface area contributed by atoms with Crippen LogP contribution in [0.1, 0.15) is 6.92 Å². The predicted octanol–water partition coefficient (Wildman–Crippen LogP) is -0.530. The van der Waals surface area contributed by atoms with Gasteiger partial charge < -0.3 is 20.1 Å². The molecule has 0 fully saturated rings. The second-order valence-corrected chi connectivity index (χ2v) is 5.15. The minimum absolute atomic E-state index is 0.173. The van der Waals surface area contributed by atoms with E-state index in [0.29, 0.717) is 4.47 Å². The number of rotatable bonds is 5. The van der Waals surface area contributed by atoms with Crippen LogP contribution in [-0.4, -0.2) is 39.4 Å².